The highest BCUT2D eigenvalue weighted by molar-refractivity contribution is 5.75. The van der Waals surface area contributed by atoms with E-state index in [-0.39, 0.29) is 18.2 Å². The molecule has 25 heavy (non-hydrogen) atoms. The van der Waals surface area contributed by atoms with Crippen molar-refractivity contribution < 1.29 is 19.3 Å². The second-order valence-corrected chi connectivity index (χ2v) is 7.08. The molecule has 4 heterocycles. The lowest BCUT2D eigenvalue weighted by Gasteiger charge is -2.41. The summed E-state index contributed by atoms with van der Waals surface area (Å²) in [6.07, 6.45) is 2.53. The van der Waals surface area contributed by atoms with Crippen molar-refractivity contribution >= 4 is 11.0 Å². The number of nitrogens with zero attached hydrogens (tertiary/aromatic N) is 2. The predicted octanol–water partition coefficient (Wildman–Crippen LogP) is 0.831. The normalized spacial score (nSPS) is 36.1. The Hall–Kier alpha value is -1.51. The Morgan fingerprint density at radius 2 is 2.04 bits per heavy atom. The molecule has 1 aromatic carbocycles. The molecule has 3 saturated heterocycles. The SMILES string of the molecule is OC1C(NC2CCOCC2)C2COC(O2)C1n1cnc2ccccc21. The van der Waals surface area contributed by atoms with Crippen molar-refractivity contribution in [1.29, 1.82) is 0 Å². The van der Waals surface area contributed by atoms with E-state index in [9.17, 15) is 5.11 Å². The number of hydrogen-bond acceptors (Lipinski definition) is 6. The number of rotatable bonds is 3. The number of aromatic nitrogens is 2. The first-order valence-electron chi connectivity index (χ1n) is 9.02. The van der Waals surface area contributed by atoms with Crippen LogP contribution in [0.4, 0.5) is 0 Å². The van der Waals surface area contributed by atoms with Crippen LogP contribution in [-0.2, 0) is 14.2 Å². The maximum absolute atomic E-state index is 11.2. The lowest BCUT2D eigenvalue weighted by Crippen LogP contribution is -2.60. The molecule has 2 aromatic rings. The second-order valence-electron chi connectivity index (χ2n) is 7.08. The first-order valence-corrected chi connectivity index (χ1v) is 9.02. The van der Waals surface area contributed by atoms with E-state index in [2.05, 4.69) is 10.3 Å². The molecular weight excluding hydrogens is 322 g/mol. The molecule has 0 spiro atoms. The van der Waals surface area contributed by atoms with Crippen LogP contribution >= 0.6 is 0 Å². The summed E-state index contributed by atoms with van der Waals surface area (Å²) < 4.78 is 19.4. The van der Waals surface area contributed by atoms with Crippen LogP contribution in [0.2, 0.25) is 0 Å². The summed E-state index contributed by atoms with van der Waals surface area (Å²) in [7, 11) is 0. The molecule has 0 amide bonds. The van der Waals surface area contributed by atoms with Crippen LogP contribution in [0.15, 0.2) is 30.6 Å². The molecule has 1 aromatic heterocycles. The molecule has 2 bridgehead atoms. The van der Waals surface area contributed by atoms with Crippen molar-refractivity contribution in [2.24, 2.45) is 0 Å². The van der Waals surface area contributed by atoms with E-state index in [0.29, 0.717) is 12.6 Å². The van der Waals surface area contributed by atoms with Gasteiger partial charge in [-0.25, -0.2) is 4.98 Å². The summed E-state index contributed by atoms with van der Waals surface area (Å²) in [5.41, 5.74) is 1.89. The fraction of sp³-hybridized carbons (Fsp3) is 0.611. The molecule has 3 fully saturated rings. The molecule has 5 atom stereocenters. The zero-order chi connectivity index (χ0) is 16.8. The maximum atomic E-state index is 11.2. The third kappa shape index (κ3) is 2.67. The smallest absolute Gasteiger partial charge is 0.181 e. The van der Waals surface area contributed by atoms with E-state index < -0.39 is 12.4 Å². The van der Waals surface area contributed by atoms with Gasteiger partial charge in [0.05, 0.1) is 36.1 Å². The Kier molecular flexibility index (Phi) is 3.98. The minimum absolute atomic E-state index is 0.117. The van der Waals surface area contributed by atoms with Crippen molar-refractivity contribution in [2.45, 2.75) is 49.5 Å². The number of nitrogens with one attached hydrogen (secondary N) is 1. The number of hydrogen-bond donors (Lipinski definition) is 2. The molecule has 0 radical (unpaired) electrons. The van der Waals surface area contributed by atoms with Crippen LogP contribution < -0.4 is 5.32 Å². The third-order valence-corrected chi connectivity index (χ3v) is 5.58. The van der Waals surface area contributed by atoms with Gasteiger partial charge in [0, 0.05) is 19.3 Å². The van der Waals surface area contributed by atoms with Crippen LogP contribution in [0.5, 0.6) is 0 Å². The van der Waals surface area contributed by atoms with Gasteiger partial charge in [-0.3, -0.25) is 0 Å². The lowest BCUT2D eigenvalue weighted by molar-refractivity contribution is -0.166. The predicted molar refractivity (Wildman–Crippen MR) is 90.2 cm³/mol. The minimum atomic E-state index is -0.605. The number of para-hydroxylation sites is 2. The summed E-state index contributed by atoms with van der Waals surface area (Å²) in [5, 5.41) is 14.8. The van der Waals surface area contributed by atoms with Gasteiger partial charge in [0.2, 0.25) is 0 Å². The highest BCUT2D eigenvalue weighted by Crippen LogP contribution is 2.37. The second kappa shape index (κ2) is 6.34. The van der Waals surface area contributed by atoms with Gasteiger partial charge in [-0.2, -0.15) is 0 Å². The molecular formula is C18H23N3O4. The van der Waals surface area contributed by atoms with E-state index in [1.54, 1.807) is 6.33 Å². The van der Waals surface area contributed by atoms with Crippen LogP contribution in [0, 0.1) is 0 Å². The van der Waals surface area contributed by atoms with Gasteiger partial charge >= 0.3 is 0 Å². The number of ether oxygens (including phenoxy) is 3. The fourth-order valence-electron chi connectivity index (χ4n) is 4.26. The number of imidazole rings is 1. The molecule has 0 aliphatic carbocycles. The van der Waals surface area contributed by atoms with Gasteiger partial charge in [0.15, 0.2) is 6.29 Å². The van der Waals surface area contributed by atoms with Gasteiger partial charge in [0.25, 0.3) is 0 Å². The Morgan fingerprint density at radius 3 is 2.92 bits per heavy atom. The van der Waals surface area contributed by atoms with E-state index in [1.807, 2.05) is 28.8 Å². The summed E-state index contributed by atoms with van der Waals surface area (Å²) in [5.74, 6) is 0. The molecule has 0 saturated carbocycles. The summed E-state index contributed by atoms with van der Waals surface area (Å²) in [4.78, 5) is 4.46. The van der Waals surface area contributed by atoms with Gasteiger partial charge in [-0.15, -0.1) is 0 Å². The fourth-order valence-corrected chi connectivity index (χ4v) is 4.26. The zero-order valence-corrected chi connectivity index (χ0v) is 14.0. The van der Waals surface area contributed by atoms with Gasteiger partial charge in [-0.05, 0) is 25.0 Å². The molecule has 3 aliphatic rings. The van der Waals surface area contributed by atoms with Gasteiger partial charge in [-0.1, -0.05) is 12.1 Å². The van der Waals surface area contributed by atoms with E-state index in [0.717, 1.165) is 37.1 Å². The number of benzene rings is 1. The molecule has 2 N–H and O–H groups in total. The maximum Gasteiger partial charge on any atom is 0.181 e. The summed E-state index contributed by atoms with van der Waals surface area (Å²) >= 11 is 0. The van der Waals surface area contributed by atoms with E-state index in [1.165, 1.54) is 0 Å². The van der Waals surface area contributed by atoms with Crippen LogP contribution in [0.3, 0.4) is 0 Å². The number of aliphatic hydroxyl groups excluding tert-OH is 1. The average molecular weight is 345 g/mol. The Bertz CT molecular complexity index is 745. The summed E-state index contributed by atoms with van der Waals surface area (Å²) in [6.45, 7) is 2.03. The number of aliphatic hydroxyl groups is 1. The Morgan fingerprint density at radius 1 is 1.20 bits per heavy atom. The van der Waals surface area contributed by atoms with Crippen molar-refractivity contribution in [1.82, 2.24) is 14.9 Å². The van der Waals surface area contributed by atoms with Crippen molar-refractivity contribution in [3.8, 4) is 0 Å². The first kappa shape index (κ1) is 15.7. The molecule has 3 aliphatic heterocycles. The highest BCUT2D eigenvalue weighted by Gasteiger charge is 2.51. The van der Waals surface area contributed by atoms with Crippen LogP contribution in [-0.4, -0.2) is 65.1 Å². The van der Waals surface area contributed by atoms with E-state index in [4.69, 9.17) is 14.2 Å². The third-order valence-electron chi connectivity index (χ3n) is 5.58. The first-order chi connectivity index (χ1) is 12.3. The molecule has 7 nitrogen and oxygen atoms in total. The quantitative estimate of drug-likeness (QED) is 0.858. The van der Waals surface area contributed by atoms with Crippen LogP contribution in [0.25, 0.3) is 11.0 Å². The zero-order valence-electron chi connectivity index (χ0n) is 14.0. The summed E-state index contributed by atoms with van der Waals surface area (Å²) in [6, 6.07) is 7.79. The van der Waals surface area contributed by atoms with Crippen molar-refractivity contribution in [3.05, 3.63) is 30.6 Å². The van der Waals surface area contributed by atoms with Gasteiger partial charge in [0.1, 0.15) is 12.1 Å². The average Bonchev–Trinajstić information content (AvgIpc) is 3.26. The molecule has 7 heteroatoms. The Balaban J connectivity index is 1.45. The van der Waals surface area contributed by atoms with Gasteiger partial charge < -0.3 is 29.2 Å². The monoisotopic (exact) mass is 345 g/mol. The van der Waals surface area contributed by atoms with Crippen molar-refractivity contribution in [3.63, 3.8) is 0 Å². The van der Waals surface area contributed by atoms with Crippen molar-refractivity contribution in [2.75, 3.05) is 19.8 Å². The van der Waals surface area contributed by atoms with E-state index >= 15 is 0 Å². The highest BCUT2D eigenvalue weighted by atomic mass is 16.7. The molecule has 5 unspecified atom stereocenters. The lowest BCUT2D eigenvalue weighted by atomic mass is 9.94. The number of fused-ring (bicyclic) bond motifs is 3. The Labute approximate surface area is 145 Å². The topological polar surface area (TPSA) is 77.8 Å². The standard InChI is InChI=1S/C18H23N3O4/c22-17-15(20-11-5-7-23-8-6-11)14-9-24-18(25-14)16(17)21-10-19-12-3-1-2-4-13(12)21/h1-4,10-11,14-18,20,22H,5-9H2. The molecule has 5 rings (SSSR count). The van der Waals surface area contributed by atoms with Crippen LogP contribution in [0.1, 0.15) is 18.9 Å². The largest absolute Gasteiger partial charge is 0.389 e. The molecule has 134 valence electrons. The minimum Gasteiger partial charge on any atom is -0.389 e.